The molecule has 0 fully saturated rings. The SMILES string of the molecule is Cc1nc(C)nc(Cc2cccc3c2-c2c(-c4cc(-c5ccccc5)ncc4C)cccc2C32c3ccccc3-c3ccccc32)n1. The molecular formula is C43H32N4. The minimum absolute atomic E-state index is 0.446. The van der Waals surface area contributed by atoms with Gasteiger partial charge in [0, 0.05) is 18.2 Å². The molecule has 0 amide bonds. The second-order valence-electron chi connectivity index (χ2n) is 12.7. The van der Waals surface area contributed by atoms with Gasteiger partial charge in [0.1, 0.15) is 17.5 Å². The number of pyridine rings is 1. The van der Waals surface area contributed by atoms with Gasteiger partial charge in [-0.05, 0) is 93.6 Å². The fraction of sp³-hybridized carbons (Fsp3) is 0.116. The van der Waals surface area contributed by atoms with E-state index in [1.54, 1.807) is 0 Å². The predicted molar refractivity (Wildman–Crippen MR) is 188 cm³/mol. The molecule has 2 aliphatic rings. The molecule has 9 rings (SSSR count). The van der Waals surface area contributed by atoms with Crippen LogP contribution in [0, 0.1) is 20.8 Å². The fourth-order valence-corrected chi connectivity index (χ4v) is 8.19. The Morgan fingerprint density at radius 2 is 1.09 bits per heavy atom. The van der Waals surface area contributed by atoms with Gasteiger partial charge in [-0.1, -0.05) is 115 Å². The number of hydrogen-bond donors (Lipinski definition) is 0. The molecule has 0 atom stereocenters. The normalized spacial score (nSPS) is 13.3. The zero-order valence-corrected chi connectivity index (χ0v) is 26.6. The smallest absolute Gasteiger partial charge is 0.136 e. The van der Waals surface area contributed by atoms with Crippen molar-refractivity contribution in [3.05, 3.63) is 178 Å². The molecule has 0 saturated heterocycles. The molecule has 0 aliphatic heterocycles. The van der Waals surface area contributed by atoms with Gasteiger partial charge < -0.3 is 0 Å². The van der Waals surface area contributed by atoms with Crippen LogP contribution >= 0.6 is 0 Å². The van der Waals surface area contributed by atoms with Gasteiger partial charge in [0.05, 0.1) is 11.1 Å². The van der Waals surface area contributed by atoms with Crippen LogP contribution in [-0.4, -0.2) is 19.9 Å². The molecule has 224 valence electrons. The first kappa shape index (κ1) is 27.6. The minimum atomic E-state index is -0.446. The predicted octanol–water partition coefficient (Wildman–Crippen LogP) is 9.46. The summed E-state index contributed by atoms with van der Waals surface area (Å²) < 4.78 is 0. The van der Waals surface area contributed by atoms with Gasteiger partial charge in [-0.15, -0.1) is 0 Å². The van der Waals surface area contributed by atoms with E-state index >= 15 is 0 Å². The molecule has 47 heavy (non-hydrogen) atoms. The maximum atomic E-state index is 4.87. The average Bonchev–Trinajstić information content (AvgIpc) is 3.57. The van der Waals surface area contributed by atoms with Crippen LogP contribution < -0.4 is 0 Å². The fourth-order valence-electron chi connectivity index (χ4n) is 8.19. The van der Waals surface area contributed by atoms with Gasteiger partial charge in [-0.3, -0.25) is 4.98 Å². The van der Waals surface area contributed by atoms with E-state index in [2.05, 4.69) is 127 Å². The molecule has 4 heteroatoms. The number of rotatable bonds is 4. The Bertz CT molecular complexity index is 2310. The van der Waals surface area contributed by atoms with E-state index in [0.29, 0.717) is 6.42 Å². The highest BCUT2D eigenvalue weighted by Gasteiger charge is 2.52. The van der Waals surface area contributed by atoms with E-state index < -0.39 is 5.41 Å². The van der Waals surface area contributed by atoms with Gasteiger partial charge >= 0.3 is 0 Å². The van der Waals surface area contributed by atoms with Crippen molar-refractivity contribution in [3.63, 3.8) is 0 Å². The van der Waals surface area contributed by atoms with Gasteiger partial charge in [-0.25, -0.2) is 15.0 Å². The molecule has 4 nitrogen and oxygen atoms in total. The van der Waals surface area contributed by atoms with Crippen LogP contribution in [0.1, 0.15) is 50.9 Å². The average molecular weight is 605 g/mol. The molecular weight excluding hydrogens is 573 g/mol. The second kappa shape index (κ2) is 10.4. The van der Waals surface area contributed by atoms with E-state index in [9.17, 15) is 0 Å². The lowest BCUT2D eigenvalue weighted by Crippen LogP contribution is -2.25. The Morgan fingerprint density at radius 3 is 1.79 bits per heavy atom. The van der Waals surface area contributed by atoms with Crippen molar-refractivity contribution in [1.82, 2.24) is 19.9 Å². The van der Waals surface area contributed by atoms with Crippen LogP contribution in [0.2, 0.25) is 0 Å². The summed E-state index contributed by atoms with van der Waals surface area (Å²) in [7, 11) is 0. The van der Waals surface area contributed by atoms with E-state index in [4.69, 9.17) is 15.0 Å². The molecule has 2 aliphatic carbocycles. The highest BCUT2D eigenvalue weighted by molar-refractivity contribution is 6.01. The van der Waals surface area contributed by atoms with Gasteiger partial charge in [-0.2, -0.15) is 0 Å². The first-order valence-corrected chi connectivity index (χ1v) is 16.2. The van der Waals surface area contributed by atoms with Crippen LogP contribution in [0.4, 0.5) is 0 Å². The van der Waals surface area contributed by atoms with Crippen molar-refractivity contribution >= 4 is 0 Å². The third kappa shape index (κ3) is 4.01. The number of aromatic nitrogens is 4. The van der Waals surface area contributed by atoms with Crippen LogP contribution in [0.3, 0.4) is 0 Å². The van der Waals surface area contributed by atoms with Gasteiger partial charge in [0.2, 0.25) is 0 Å². The van der Waals surface area contributed by atoms with Crippen molar-refractivity contribution in [2.45, 2.75) is 32.6 Å². The third-order valence-electron chi connectivity index (χ3n) is 9.94. The van der Waals surface area contributed by atoms with E-state index in [1.807, 2.05) is 26.1 Å². The number of fused-ring (bicyclic) bond motifs is 10. The van der Waals surface area contributed by atoms with E-state index in [-0.39, 0.29) is 0 Å². The molecule has 7 aromatic rings. The summed E-state index contributed by atoms with van der Waals surface area (Å²) >= 11 is 0. The highest BCUT2D eigenvalue weighted by Crippen LogP contribution is 2.64. The summed E-state index contributed by atoms with van der Waals surface area (Å²) in [5.74, 6) is 2.29. The zero-order chi connectivity index (χ0) is 31.7. The minimum Gasteiger partial charge on any atom is -0.256 e. The second-order valence-corrected chi connectivity index (χ2v) is 12.7. The summed E-state index contributed by atoms with van der Waals surface area (Å²) in [4.78, 5) is 18.9. The molecule has 0 saturated carbocycles. The number of nitrogens with zero attached hydrogens (tertiary/aromatic N) is 4. The molecule has 2 aromatic heterocycles. The lowest BCUT2D eigenvalue weighted by atomic mass is 9.70. The van der Waals surface area contributed by atoms with Crippen LogP contribution in [0.5, 0.6) is 0 Å². The lowest BCUT2D eigenvalue weighted by molar-refractivity contribution is 0.792. The zero-order valence-electron chi connectivity index (χ0n) is 26.6. The summed E-state index contributed by atoms with van der Waals surface area (Å²) in [6.45, 7) is 6.06. The molecule has 5 aromatic carbocycles. The lowest BCUT2D eigenvalue weighted by Gasteiger charge is -2.30. The van der Waals surface area contributed by atoms with Crippen LogP contribution in [0.15, 0.2) is 128 Å². The van der Waals surface area contributed by atoms with Crippen molar-refractivity contribution in [3.8, 4) is 44.6 Å². The molecule has 0 radical (unpaired) electrons. The Balaban J connectivity index is 1.38. The largest absolute Gasteiger partial charge is 0.256 e. The van der Waals surface area contributed by atoms with Crippen molar-refractivity contribution in [2.24, 2.45) is 0 Å². The topological polar surface area (TPSA) is 51.6 Å². The van der Waals surface area contributed by atoms with Crippen molar-refractivity contribution < 1.29 is 0 Å². The highest BCUT2D eigenvalue weighted by atomic mass is 15.0. The third-order valence-corrected chi connectivity index (χ3v) is 9.94. The Morgan fingerprint density at radius 1 is 0.511 bits per heavy atom. The molecule has 0 unspecified atom stereocenters. The molecule has 2 heterocycles. The molecule has 1 spiro atoms. The first-order chi connectivity index (χ1) is 23.0. The maximum absolute atomic E-state index is 4.87. The standard InChI is InChI=1S/C43H32N4/c1-26-25-44-39(29-13-5-4-6-14-29)24-34(26)33-18-12-22-38-42(33)41-30(23-40-46-27(2)45-28(3)47-40)15-11-21-37(41)43(38)35-19-9-7-16-31(35)32-17-8-10-20-36(32)43/h4-22,24-25H,23H2,1-3H3. The number of hydrogen-bond acceptors (Lipinski definition) is 4. The van der Waals surface area contributed by atoms with Gasteiger partial charge in [0.15, 0.2) is 0 Å². The Labute approximate surface area is 274 Å². The summed E-state index contributed by atoms with van der Waals surface area (Å²) in [5.41, 5.74) is 16.9. The first-order valence-electron chi connectivity index (χ1n) is 16.2. The van der Waals surface area contributed by atoms with Crippen molar-refractivity contribution in [2.75, 3.05) is 0 Å². The Hall–Kier alpha value is -5.74. The van der Waals surface area contributed by atoms with Crippen molar-refractivity contribution in [1.29, 1.82) is 0 Å². The quantitative estimate of drug-likeness (QED) is 0.201. The van der Waals surface area contributed by atoms with Crippen LogP contribution in [-0.2, 0) is 11.8 Å². The molecule has 0 N–H and O–H groups in total. The van der Waals surface area contributed by atoms with E-state index in [1.165, 1.54) is 61.2 Å². The van der Waals surface area contributed by atoms with Gasteiger partial charge in [0.25, 0.3) is 0 Å². The summed E-state index contributed by atoms with van der Waals surface area (Å²) in [6, 6.07) is 44.4. The monoisotopic (exact) mass is 604 g/mol. The van der Waals surface area contributed by atoms with E-state index in [0.717, 1.165) is 34.3 Å². The molecule has 0 bridgehead atoms. The van der Waals surface area contributed by atoms with Crippen LogP contribution in [0.25, 0.3) is 44.6 Å². The number of aryl methyl sites for hydroxylation is 3. The summed E-state index contributed by atoms with van der Waals surface area (Å²) in [5, 5.41) is 0. The number of benzene rings is 5. The summed E-state index contributed by atoms with van der Waals surface area (Å²) in [6.07, 6.45) is 2.64. The maximum Gasteiger partial charge on any atom is 0.136 e. The Kier molecular flexibility index (Phi) is 6.10.